The van der Waals surface area contributed by atoms with Gasteiger partial charge in [-0.25, -0.2) is 0 Å². The van der Waals surface area contributed by atoms with E-state index in [0.29, 0.717) is 18.0 Å². The summed E-state index contributed by atoms with van der Waals surface area (Å²) in [6.07, 6.45) is -4.49. The van der Waals surface area contributed by atoms with Crippen LogP contribution in [0.2, 0.25) is 0 Å². The van der Waals surface area contributed by atoms with Crippen molar-refractivity contribution in [1.82, 2.24) is 10.2 Å². The molecule has 0 atom stereocenters. The maximum Gasteiger partial charge on any atom is 0.435 e. The van der Waals surface area contributed by atoms with Crippen LogP contribution in [0.4, 0.5) is 24.7 Å². The van der Waals surface area contributed by atoms with E-state index >= 15 is 0 Å². The first-order valence-corrected chi connectivity index (χ1v) is 5.97. The largest absolute Gasteiger partial charge is 0.495 e. The fraction of sp³-hybridized carbons (Fsp3) is 0.231. The summed E-state index contributed by atoms with van der Waals surface area (Å²) in [6, 6.07) is 7.31. The van der Waals surface area contributed by atoms with Crippen LogP contribution in [0, 0.1) is 0 Å². The van der Waals surface area contributed by atoms with Crippen LogP contribution in [0.3, 0.4) is 0 Å². The summed E-state index contributed by atoms with van der Waals surface area (Å²) in [7, 11) is 1.52. The van der Waals surface area contributed by atoms with Crippen LogP contribution < -0.4 is 15.8 Å². The zero-order valence-electron chi connectivity index (χ0n) is 11.1. The number of anilines is 2. The highest BCUT2D eigenvalue weighted by atomic mass is 19.4. The van der Waals surface area contributed by atoms with Gasteiger partial charge in [-0.15, -0.1) is 10.2 Å². The van der Waals surface area contributed by atoms with E-state index in [1.807, 2.05) is 0 Å². The standard InChI is InChI=1S/C13H13F3N4O/c1-21-10-3-2-8(6-9(10)17)7-18-12-5-4-11(19-20-12)13(14,15)16/h2-6H,7,17H2,1H3,(H,18,20). The minimum Gasteiger partial charge on any atom is -0.495 e. The first kappa shape index (κ1) is 14.9. The highest BCUT2D eigenvalue weighted by Crippen LogP contribution is 2.27. The molecule has 3 N–H and O–H groups in total. The third kappa shape index (κ3) is 3.74. The van der Waals surface area contributed by atoms with Gasteiger partial charge >= 0.3 is 6.18 Å². The van der Waals surface area contributed by atoms with Gasteiger partial charge < -0.3 is 15.8 Å². The lowest BCUT2D eigenvalue weighted by Gasteiger charge is -2.09. The molecule has 0 amide bonds. The lowest BCUT2D eigenvalue weighted by atomic mass is 10.2. The zero-order chi connectivity index (χ0) is 15.5. The van der Waals surface area contributed by atoms with Crippen LogP contribution in [-0.2, 0) is 12.7 Å². The van der Waals surface area contributed by atoms with Gasteiger partial charge in [-0.05, 0) is 29.8 Å². The minimum absolute atomic E-state index is 0.248. The monoisotopic (exact) mass is 298 g/mol. The number of benzene rings is 1. The van der Waals surface area contributed by atoms with Gasteiger partial charge in [0.1, 0.15) is 11.6 Å². The molecule has 0 fully saturated rings. The van der Waals surface area contributed by atoms with Gasteiger partial charge in [-0.2, -0.15) is 13.2 Å². The van der Waals surface area contributed by atoms with E-state index in [1.54, 1.807) is 18.2 Å². The molecule has 8 heteroatoms. The number of halogens is 3. The van der Waals surface area contributed by atoms with Crippen LogP contribution in [-0.4, -0.2) is 17.3 Å². The minimum atomic E-state index is -4.49. The van der Waals surface area contributed by atoms with Crippen LogP contribution in [0.25, 0.3) is 0 Å². The summed E-state index contributed by atoms with van der Waals surface area (Å²) in [4.78, 5) is 0. The molecule has 1 aromatic carbocycles. The number of alkyl halides is 3. The molecular formula is C13H13F3N4O. The number of aromatic nitrogens is 2. The van der Waals surface area contributed by atoms with Gasteiger partial charge in [0, 0.05) is 6.54 Å². The SMILES string of the molecule is COc1ccc(CNc2ccc(C(F)(F)F)nn2)cc1N. The molecule has 0 saturated carbocycles. The second kappa shape index (κ2) is 5.86. The van der Waals surface area contributed by atoms with Crippen LogP contribution >= 0.6 is 0 Å². The molecule has 0 spiro atoms. The number of rotatable bonds is 4. The highest BCUT2D eigenvalue weighted by molar-refractivity contribution is 5.54. The number of hydrogen-bond donors (Lipinski definition) is 2. The fourth-order valence-corrected chi connectivity index (χ4v) is 1.66. The Hall–Kier alpha value is -2.51. The average molecular weight is 298 g/mol. The first-order chi connectivity index (χ1) is 9.90. The van der Waals surface area contributed by atoms with E-state index in [9.17, 15) is 13.2 Å². The maximum absolute atomic E-state index is 12.3. The Morgan fingerprint density at radius 3 is 2.48 bits per heavy atom. The lowest BCUT2D eigenvalue weighted by Crippen LogP contribution is -2.10. The van der Waals surface area contributed by atoms with Gasteiger partial charge in [-0.1, -0.05) is 6.07 Å². The zero-order valence-corrected chi connectivity index (χ0v) is 11.1. The number of nitrogen functional groups attached to an aromatic ring is 1. The molecule has 21 heavy (non-hydrogen) atoms. The molecular weight excluding hydrogens is 285 g/mol. The number of hydrogen-bond acceptors (Lipinski definition) is 5. The molecule has 0 aliphatic carbocycles. The van der Waals surface area contributed by atoms with Gasteiger partial charge in [0.15, 0.2) is 5.69 Å². The Balaban J connectivity index is 2.01. The molecule has 1 aromatic heterocycles. The molecule has 2 rings (SSSR count). The van der Waals surface area contributed by atoms with Crippen LogP contribution in [0.15, 0.2) is 30.3 Å². The molecule has 1 heterocycles. The van der Waals surface area contributed by atoms with Gasteiger partial charge in [0.2, 0.25) is 0 Å². The predicted octanol–water partition coefficient (Wildman–Crippen LogP) is 2.70. The predicted molar refractivity (Wildman–Crippen MR) is 71.8 cm³/mol. The van der Waals surface area contributed by atoms with Crippen molar-refractivity contribution in [3.8, 4) is 5.75 Å². The number of methoxy groups -OCH3 is 1. The van der Waals surface area contributed by atoms with Crippen molar-refractivity contribution in [2.75, 3.05) is 18.2 Å². The summed E-state index contributed by atoms with van der Waals surface area (Å²) < 4.78 is 42.0. The number of nitrogens with one attached hydrogen (secondary N) is 1. The van der Waals surface area contributed by atoms with Crippen molar-refractivity contribution in [3.05, 3.63) is 41.6 Å². The molecule has 0 aliphatic rings. The third-order valence-corrected chi connectivity index (χ3v) is 2.72. The van der Waals surface area contributed by atoms with Gasteiger partial charge in [-0.3, -0.25) is 0 Å². The van der Waals surface area contributed by atoms with E-state index in [-0.39, 0.29) is 5.82 Å². The number of nitrogens with zero attached hydrogens (tertiary/aromatic N) is 2. The van der Waals surface area contributed by atoms with Crippen LogP contribution in [0.5, 0.6) is 5.75 Å². The Bertz CT molecular complexity index is 614. The van der Waals surface area contributed by atoms with E-state index in [2.05, 4.69) is 15.5 Å². The molecule has 0 radical (unpaired) electrons. The quantitative estimate of drug-likeness (QED) is 0.849. The summed E-state index contributed by atoms with van der Waals surface area (Å²) in [5.41, 5.74) is 6.06. The lowest BCUT2D eigenvalue weighted by molar-refractivity contribution is -0.141. The molecule has 0 unspecified atom stereocenters. The fourth-order valence-electron chi connectivity index (χ4n) is 1.66. The smallest absolute Gasteiger partial charge is 0.435 e. The Morgan fingerprint density at radius 2 is 1.95 bits per heavy atom. The second-order valence-electron chi connectivity index (χ2n) is 4.23. The van der Waals surface area contributed by atoms with Gasteiger partial charge in [0.05, 0.1) is 12.8 Å². The first-order valence-electron chi connectivity index (χ1n) is 5.97. The maximum atomic E-state index is 12.3. The summed E-state index contributed by atoms with van der Waals surface area (Å²) >= 11 is 0. The van der Waals surface area contributed by atoms with Gasteiger partial charge in [0.25, 0.3) is 0 Å². The molecule has 0 saturated heterocycles. The van der Waals surface area contributed by atoms with Crippen molar-refractivity contribution in [2.45, 2.75) is 12.7 Å². The van der Waals surface area contributed by atoms with E-state index in [4.69, 9.17) is 10.5 Å². The molecule has 2 aromatic rings. The highest BCUT2D eigenvalue weighted by Gasteiger charge is 2.32. The average Bonchev–Trinajstić information content (AvgIpc) is 2.45. The summed E-state index contributed by atoms with van der Waals surface area (Å²) in [5.74, 6) is 0.811. The topological polar surface area (TPSA) is 73.1 Å². The van der Waals surface area contributed by atoms with Crippen molar-refractivity contribution >= 4 is 11.5 Å². The number of ether oxygens (including phenoxy) is 1. The summed E-state index contributed by atoms with van der Waals surface area (Å²) in [5, 5.41) is 9.47. The molecule has 0 aliphatic heterocycles. The van der Waals surface area contributed by atoms with Crippen LogP contribution in [0.1, 0.15) is 11.3 Å². The Morgan fingerprint density at radius 1 is 1.19 bits per heavy atom. The molecule has 5 nitrogen and oxygen atoms in total. The van der Waals surface area contributed by atoms with E-state index < -0.39 is 11.9 Å². The van der Waals surface area contributed by atoms with E-state index in [1.165, 1.54) is 13.2 Å². The second-order valence-corrected chi connectivity index (χ2v) is 4.23. The third-order valence-electron chi connectivity index (χ3n) is 2.72. The van der Waals surface area contributed by atoms with Crippen molar-refractivity contribution in [3.63, 3.8) is 0 Å². The van der Waals surface area contributed by atoms with E-state index in [0.717, 1.165) is 11.6 Å². The normalized spacial score (nSPS) is 11.2. The van der Waals surface area contributed by atoms with Crippen molar-refractivity contribution in [2.24, 2.45) is 0 Å². The molecule has 112 valence electrons. The number of nitrogens with two attached hydrogens (primary N) is 1. The van der Waals surface area contributed by atoms with Crippen molar-refractivity contribution in [1.29, 1.82) is 0 Å². The van der Waals surface area contributed by atoms with Crippen molar-refractivity contribution < 1.29 is 17.9 Å². The Labute approximate surface area is 118 Å². The Kier molecular flexibility index (Phi) is 4.15. The molecule has 0 bridgehead atoms. The summed E-state index contributed by atoms with van der Waals surface area (Å²) in [6.45, 7) is 0.355.